The fraction of sp³-hybridized carbons (Fsp3) is 0.235. The van der Waals surface area contributed by atoms with E-state index in [-0.39, 0.29) is 4.90 Å². The quantitative estimate of drug-likeness (QED) is 0.0692. The zero-order valence-corrected chi connectivity index (χ0v) is 55.2. The van der Waals surface area contributed by atoms with Gasteiger partial charge in [-0.1, -0.05) is 139 Å². The Hall–Kier alpha value is -9.35. The summed E-state index contributed by atoms with van der Waals surface area (Å²) >= 11 is 0. The Bertz CT molecular complexity index is 3940. The molecule has 2 N–H and O–H groups in total. The van der Waals surface area contributed by atoms with E-state index in [1.807, 2.05) is 19.1 Å². The Morgan fingerprint density at radius 3 is 0.989 bits per heavy atom. The van der Waals surface area contributed by atoms with E-state index in [1.165, 1.54) is 113 Å². The first kappa shape index (κ1) is 64.6. The average Bonchev–Trinajstić information content (AvgIpc) is 0.872. The zero-order valence-electron chi connectivity index (χ0n) is 54.4. The second-order valence-corrected chi connectivity index (χ2v) is 24.4. The Balaban J connectivity index is 0.000000528. The average molecular weight is 1220 g/mol. The largest absolute Gasteiger partial charge is 0.744 e. The lowest BCUT2D eigenvalue weighted by Gasteiger charge is -2.24. The van der Waals surface area contributed by atoms with Crippen molar-refractivity contribution >= 4 is 77.4 Å². The Morgan fingerprint density at radius 2 is 0.670 bits per heavy atom. The van der Waals surface area contributed by atoms with Crippen LogP contribution in [0.25, 0.3) is 33.1 Å². The highest BCUT2D eigenvalue weighted by molar-refractivity contribution is 7.85. The van der Waals surface area contributed by atoms with Crippen molar-refractivity contribution in [2.75, 3.05) is 72.0 Å². The highest BCUT2D eigenvalue weighted by atomic mass is 32.2. The Labute approximate surface area is 541 Å². The number of aryl methyl sites for hydroxylation is 1. The van der Waals surface area contributed by atoms with E-state index in [9.17, 15) is 13.0 Å². The number of benzene rings is 9. The Kier molecular flexibility index (Phi) is 21.3. The molecule has 9 nitrogen and oxygen atoms in total. The third kappa shape index (κ3) is 15.0. The van der Waals surface area contributed by atoms with Crippen molar-refractivity contribution in [1.82, 2.24) is 0 Å². The highest BCUT2D eigenvalue weighted by Crippen LogP contribution is 2.40. The second kappa shape index (κ2) is 30.0. The highest BCUT2D eigenvalue weighted by Gasteiger charge is 2.25. The second-order valence-electron chi connectivity index (χ2n) is 23.0. The molecule has 0 radical (unpaired) electrons. The fourth-order valence-corrected chi connectivity index (χ4v) is 13.2. The van der Waals surface area contributed by atoms with Crippen LogP contribution >= 0.6 is 0 Å². The summed E-state index contributed by atoms with van der Waals surface area (Å²) in [6.07, 6.45) is 9.17. The molecule has 0 aromatic heterocycles. The molecule has 0 saturated carbocycles. The third-order valence-electron chi connectivity index (χ3n) is 17.8. The van der Waals surface area contributed by atoms with Crippen LogP contribution in [-0.4, -0.2) is 76.8 Å². The molecule has 9 aromatic rings. The van der Waals surface area contributed by atoms with Crippen molar-refractivity contribution in [3.63, 3.8) is 0 Å². The maximum Gasteiger partial charge on any atom is 0.206 e. The molecule has 0 aliphatic heterocycles. The predicted octanol–water partition coefficient (Wildman–Crippen LogP) is 14.3. The van der Waals surface area contributed by atoms with Crippen LogP contribution in [0.15, 0.2) is 235 Å². The summed E-state index contributed by atoms with van der Waals surface area (Å²) in [5.74, 6) is 0. The van der Waals surface area contributed by atoms with Gasteiger partial charge < -0.3 is 24.2 Å². The van der Waals surface area contributed by atoms with Gasteiger partial charge in [0, 0.05) is 98.4 Å². The van der Waals surface area contributed by atoms with Crippen molar-refractivity contribution < 1.29 is 23.0 Å². The molecule has 2 aliphatic rings. The molecule has 0 fully saturated rings. The van der Waals surface area contributed by atoms with Gasteiger partial charge in [-0.15, -0.1) is 0 Å². The molecule has 11 rings (SSSR count). The predicted molar refractivity (Wildman–Crippen MR) is 384 cm³/mol. The van der Waals surface area contributed by atoms with Gasteiger partial charge in [-0.25, -0.2) is 18.4 Å². The van der Waals surface area contributed by atoms with Crippen molar-refractivity contribution in [3.8, 4) is 0 Å². The van der Waals surface area contributed by atoms with E-state index >= 15 is 0 Å². The molecule has 0 saturated heterocycles. The van der Waals surface area contributed by atoms with Crippen molar-refractivity contribution in [2.45, 2.75) is 80.3 Å². The molecule has 91 heavy (non-hydrogen) atoms. The Morgan fingerprint density at radius 1 is 0.363 bits per heavy atom. The molecule has 0 unspecified atom stereocenters. The first-order valence-electron chi connectivity index (χ1n) is 32.5. The number of rotatable bonds is 21. The summed E-state index contributed by atoms with van der Waals surface area (Å²) in [5.41, 5.74) is 25.5. The summed E-state index contributed by atoms with van der Waals surface area (Å²) in [4.78, 5) is 17.1. The maximum atomic E-state index is 10.8. The van der Waals surface area contributed by atoms with Gasteiger partial charge in [-0.3, -0.25) is 0 Å². The first-order chi connectivity index (χ1) is 44.3. The molecular formula is C81H87N6O3S+. The number of anilines is 4. The minimum atomic E-state index is -4.35. The minimum Gasteiger partial charge on any atom is -0.744 e. The van der Waals surface area contributed by atoms with Crippen LogP contribution in [0.5, 0.6) is 0 Å². The molecule has 2 aliphatic carbocycles. The van der Waals surface area contributed by atoms with Gasteiger partial charge in [-0.05, 0) is 214 Å². The number of hydrogen-bond donors (Lipinski definition) is 2. The summed E-state index contributed by atoms with van der Waals surface area (Å²) < 4.78 is 32.4. The van der Waals surface area contributed by atoms with E-state index in [2.05, 4.69) is 279 Å². The van der Waals surface area contributed by atoms with E-state index in [0.29, 0.717) is 13.1 Å². The van der Waals surface area contributed by atoms with Gasteiger partial charge in [0.2, 0.25) is 11.4 Å². The van der Waals surface area contributed by atoms with Crippen LogP contribution in [0, 0.1) is 6.92 Å². The summed E-state index contributed by atoms with van der Waals surface area (Å²) in [5, 5.41) is 1.69. The first-order valence-corrected chi connectivity index (χ1v) is 33.9. The van der Waals surface area contributed by atoms with Crippen LogP contribution < -0.4 is 29.6 Å². The maximum absolute atomic E-state index is 10.8. The summed E-state index contributed by atoms with van der Waals surface area (Å²) in [6.45, 7) is 29.0. The zero-order chi connectivity index (χ0) is 64.0. The number of hydrogen-bond acceptors (Lipinski definition) is 7. The van der Waals surface area contributed by atoms with E-state index in [4.69, 9.17) is 0 Å². The van der Waals surface area contributed by atoms with Crippen LogP contribution in [0.1, 0.15) is 117 Å². The number of nitrogens with zero attached hydrogens (tertiary/aromatic N) is 4. The summed E-state index contributed by atoms with van der Waals surface area (Å²) in [6, 6.07) is 73.4. The van der Waals surface area contributed by atoms with Crippen LogP contribution in [0.4, 0.5) is 22.7 Å². The number of nitrogens with one attached hydrogen (secondary N) is 2. The van der Waals surface area contributed by atoms with Gasteiger partial charge in [0.15, 0.2) is 13.1 Å². The molecule has 0 bridgehead atoms. The minimum absolute atomic E-state index is 0.182. The molecule has 0 atom stereocenters. The molecule has 0 amide bonds. The molecule has 9 aromatic carbocycles. The molecular weight excluding hydrogens is 1140 g/mol. The van der Waals surface area contributed by atoms with Crippen molar-refractivity contribution in [2.24, 2.45) is 0 Å². The summed E-state index contributed by atoms with van der Waals surface area (Å²) in [7, 11) is -4.35. The molecule has 10 heteroatoms. The van der Waals surface area contributed by atoms with Crippen LogP contribution in [-0.2, 0) is 23.2 Å². The normalized spacial score (nSPS) is 13.4. The van der Waals surface area contributed by atoms with E-state index in [0.717, 1.165) is 80.1 Å². The fourth-order valence-electron chi connectivity index (χ4n) is 12.7. The van der Waals surface area contributed by atoms with Gasteiger partial charge in [0.05, 0.1) is 16.0 Å². The van der Waals surface area contributed by atoms with Crippen LogP contribution in [0.3, 0.4) is 0 Å². The topological polar surface area (TPSA) is 98.1 Å². The van der Waals surface area contributed by atoms with Crippen LogP contribution in [0.2, 0.25) is 0 Å². The van der Waals surface area contributed by atoms with E-state index < -0.39 is 10.1 Å². The third-order valence-corrected chi connectivity index (χ3v) is 18.6. The lowest BCUT2D eigenvalue weighted by Crippen LogP contribution is -2.71. The number of fused-ring (bicyclic) bond motifs is 3. The molecule has 464 valence electrons. The lowest BCUT2D eigenvalue weighted by molar-refractivity contribution is -0.474. The van der Waals surface area contributed by atoms with Gasteiger partial charge in [0.1, 0.15) is 10.1 Å². The number of allylic oxidation sites excluding steroid dienone is 6. The van der Waals surface area contributed by atoms with Gasteiger partial charge >= 0.3 is 0 Å². The van der Waals surface area contributed by atoms with Gasteiger partial charge in [-0.2, -0.15) is 0 Å². The lowest BCUT2D eigenvalue weighted by atomic mass is 9.83. The molecule has 0 heterocycles. The SMILES string of the molecule is CCN(CC)c1ccc(C(=C2C=CC(=[NH+]Cc3ccc(C[NH+]=C4C=CC(=C(c5ccc(N(CC)CC)cc5)c5ccc(N(CC)CC)cc5)c5ccccc54)cc3)c3ccccc32)c2ccc(N(CC)CC)cc2)cc1.Cc1ccc2cc(S(=O)(=O)[O-])ccc2c1. The molecule has 0 spiro atoms. The monoisotopic (exact) mass is 1220 g/mol. The van der Waals surface area contributed by atoms with Crippen molar-refractivity contribution in [1.29, 1.82) is 0 Å². The standard InChI is InChI=1S/C70H76N6.C11H10O3S/c1-9-73(10-2)57-37-29-53(30-38-57)69(54-31-39-58(40-32-54)74(11-3)12-4)65-45-47-67(63-23-19-17-21-61(63)65)71-49-51-25-27-52(28-26-51)50-72-68-48-46-66(62-22-18-20-24-64(62)68)70(55-33-41-59(42-34-55)75(13-5)14-6)56-35-43-60(44-36-56)76(15-7)16-8;1-8-2-3-10-7-11(15(12,13)14)5-4-9(10)6-8/h17-48H,9-16,49-50H2,1-8H3;2-7H,1H3,(H,12,13,14)/p+1. The van der Waals surface area contributed by atoms with E-state index in [1.54, 1.807) is 12.1 Å². The van der Waals surface area contributed by atoms with Crippen molar-refractivity contribution in [3.05, 3.63) is 292 Å². The van der Waals surface area contributed by atoms with Gasteiger partial charge in [0.25, 0.3) is 0 Å². The smallest absolute Gasteiger partial charge is 0.206 e.